The lowest BCUT2D eigenvalue weighted by atomic mass is 9.76. The Kier molecular flexibility index (Phi) is 10.2. The van der Waals surface area contributed by atoms with Gasteiger partial charge in [0.2, 0.25) is 11.7 Å². The zero-order valence-electron chi connectivity index (χ0n) is 27.7. The quantitative estimate of drug-likeness (QED) is 0.166. The summed E-state index contributed by atoms with van der Waals surface area (Å²) >= 11 is 12.9. The predicted molar refractivity (Wildman–Crippen MR) is 192 cm³/mol. The van der Waals surface area contributed by atoms with Crippen LogP contribution in [-0.4, -0.2) is 92.4 Å². The number of rotatable bonds is 10. The second kappa shape index (κ2) is 14.5. The van der Waals surface area contributed by atoms with Crippen LogP contribution in [-0.2, 0) is 5.41 Å². The molecule has 0 spiro atoms. The number of carbonyl (C=O) groups excluding carboxylic acids is 1. The fraction of sp³-hybridized carbons (Fsp3) is 0.378. The normalized spacial score (nSPS) is 18.4. The van der Waals surface area contributed by atoms with Crippen molar-refractivity contribution in [3.05, 3.63) is 88.1 Å². The molecule has 1 unspecified atom stereocenters. The number of benzene rings is 3. The Morgan fingerprint density at radius 1 is 0.958 bits per heavy atom. The average molecular weight is 691 g/mol. The first-order valence-electron chi connectivity index (χ1n) is 16.2. The van der Waals surface area contributed by atoms with E-state index in [0.717, 1.165) is 74.5 Å². The van der Waals surface area contributed by atoms with E-state index in [-0.39, 0.29) is 11.3 Å². The summed E-state index contributed by atoms with van der Waals surface area (Å²) in [7, 11) is 4.65. The third-order valence-electron chi connectivity index (χ3n) is 9.66. The highest BCUT2D eigenvalue weighted by Crippen LogP contribution is 2.42. The molecule has 2 aliphatic heterocycles. The number of amides is 1. The highest BCUT2D eigenvalue weighted by Gasteiger charge is 2.42. The second-order valence-electron chi connectivity index (χ2n) is 12.3. The van der Waals surface area contributed by atoms with Crippen molar-refractivity contribution >= 4 is 52.3 Å². The van der Waals surface area contributed by atoms with Gasteiger partial charge in [0.25, 0.3) is 5.91 Å². The van der Waals surface area contributed by atoms with Gasteiger partial charge in [-0.15, -0.1) is 5.73 Å². The summed E-state index contributed by atoms with van der Waals surface area (Å²) in [6.45, 7) is 9.46. The van der Waals surface area contributed by atoms with Gasteiger partial charge in [0.15, 0.2) is 11.5 Å². The molecular weight excluding hydrogens is 649 g/mol. The molecular formula is C37H41Cl2N5O4. The molecule has 0 saturated carbocycles. The zero-order valence-corrected chi connectivity index (χ0v) is 29.2. The number of nitrogens with zero attached hydrogens (tertiary/aromatic N) is 5. The zero-order chi connectivity index (χ0) is 33.8. The number of para-hydroxylation sites is 2. The molecule has 0 N–H and O–H groups in total. The number of aromatic nitrogens is 2. The molecule has 1 aromatic heterocycles. The smallest absolute Gasteiger partial charge is 0.254 e. The lowest BCUT2D eigenvalue weighted by molar-refractivity contribution is 0.0780. The Bertz CT molecular complexity index is 1830. The standard InChI is InChI=1S/C37H41Cl2N5O4/c1-5-15-44-31-10-7-6-9-30(31)40-36(44)42-17-8-16-41(20-21-42)18-13-37(27-11-12-28(38)29(39)24-27)14-19-43(25-37)35(45)26-22-32(46-2)34(48-4)33(23-26)47-3/h6-7,9-12,15,22-24H,1,8,13-14,16-21,25H2,2-4H3. The van der Waals surface area contributed by atoms with Crippen LogP contribution in [0.25, 0.3) is 17.2 Å². The van der Waals surface area contributed by atoms with Gasteiger partial charge in [-0.25, -0.2) is 4.98 Å². The summed E-state index contributed by atoms with van der Waals surface area (Å²) in [4.78, 5) is 25.7. The molecule has 1 atom stereocenters. The van der Waals surface area contributed by atoms with Crippen LogP contribution < -0.4 is 19.1 Å². The van der Waals surface area contributed by atoms with Gasteiger partial charge in [-0.2, -0.15) is 0 Å². The van der Waals surface area contributed by atoms with Crippen LogP contribution in [0, 0.1) is 0 Å². The lowest BCUT2D eigenvalue weighted by Gasteiger charge is -2.33. The minimum Gasteiger partial charge on any atom is -0.493 e. The van der Waals surface area contributed by atoms with Crippen LogP contribution in [0.4, 0.5) is 5.95 Å². The topological polar surface area (TPSA) is 72.3 Å². The third kappa shape index (κ3) is 6.61. The minimum atomic E-state index is -0.292. The van der Waals surface area contributed by atoms with Gasteiger partial charge in [-0.05, 0) is 74.3 Å². The Morgan fingerprint density at radius 3 is 2.44 bits per heavy atom. The molecule has 0 aliphatic carbocycles. The molecule has 3 aromatic carbocycles. The van der Waals surface area contributed by atoms with E-state index in [1.165, 1.54) is 0 Å². The molecule has 9 nitrogen and oxygen atoms in total. The number of halogens is 2. The molecule has 2 saturated heterocycles. The fourth-order valence-electron chi connectivity index (χ4n) is 7.08. The number of hydrogen-bond donors (Lipinski definition) is 0. The highest BCUT2D eigenvalue weighted by molar-refractivity contribution is 6.42. The number of hydrogen-bond acceptors (Lipinski definition) is 7. The molecule has 3 heterocycles. The van der Waals surface area contributed by atoms with Crippen molar-refractivity contribution in [1.29, 1.82) is 0 Å². The van der Waals surface area contributed by atoms with Crippen LogP contribution in [0.15, 0.2) is 66.9 Å². The summed E-state index contributed by atoms with van der Waals surface area (Å²) in [6.07, 6.45) is 4.53. The lowest BCUT2D eigenvalue weighted by Crippen LogP contribution is -2.39. The monoisotopic (exact) mass is 689 g/mol. The highest BCUT2D eigenvalue weighted by atomic mass is 35.5. The van der Waals surface area contributed by atoms with Gasteiger partial charge in [0.05, 0.1) is 48.6 Å². The molecule has 6 rings (SSSR count). The summed E-state index contributed by atoms with van der Waals surface area (Å²) < 4.78 is 18.6. The van der Waals surface area contributed by atoms with Crippen LogP contribution in [0.3, 0.4) is 0 Å². The van der Waals surface area contributed by atoms with E-state index >= 15 is 0 Å². The SMILES string of the molecule is C=C=Cn1c(N2CCCN(CCC3(c4ccc(Cl)c(Cl)c4)CCN(C(=O)c4cc(OC)c(OC)c(OC)c4)C3)CC2)nc2ccccc21. The van der Waals surface area contributed by atoms with E-state index in [1.54, 1.807) is 33.5 Å². The Labute approximate surface area is 291 Å². The maximum absolute atomic E-state index is 14.0. The van der Waals surface area contributed by atoms with Crippen molar-refractivity contribution in [2.75, 3.05) is 72.0 Å². The van der Waals surface area contributed by atoms with Crippen molar-refractivity contribution < 1.29 is 19.0 Å². The molecule has 1 amide bonds. The predicted octanol–water partition coefficient (Wildman–Crippen LogP) is 7.01. The molecule has 0 radical (unpaired) electrons. The van der Waals surface area contributed by atoms with Crippen LogP contribution in [0.2, 0.25) is 10.0 Å². The van der Waals surface area contributed by atoms with E-state index in [0.29, 0.717) is 45.9 Å². The fourth-order valence-corrected chi connectivity index (χ4v) is 7.38. The first-order valence-corrected chi connectivity index (χ1v) is 16.9. The molecule has 4 aromatic rings. The number of anilines is 1. The van der Waals surface area contributed by atoms with E-state index < -0.39 is 0 Å². The third-order valence-corrected chi connectivity index (χ3v) is 10.4. The molecule has 11 heteroatoms. The Morgan fingerprint density at radius 2 is 1.73 bits per heavy atom. The van der Waals surface area contributed by atoms with Crippen LogP contribution >= 0.6 is 23.2 Å². The van der Waals surface area contributed by atoms with Gasteiger partial charge in [0.1, 0.15) is 0 Å². The number of carbonyl (C=O) groups is 1. The molecule has 0 bridgehead atoms. The van der Waals surface area contributed by atoms with Gasteiger partial charge < -0.3 is 28.9 Å². The van der Waals surface area contributed by atoms with Crippen LogP contribution in [0.1, 0.15) is 35.2 Å². The number of likely N-dealkylation sites (tertiary alicyclic amines) is 1. The number of imidazole rings is 1. The van der Waals surface area contributed by atoms with Gasteiger partial charge in [-0.1, -0.05) is 48.0 Å². The second-order valence-corrected chi connectivity index (χ2v) is 13.2. The van der Waals surface area contributed by atoms with Crippen molar-refractivity contribution in [2.24, 2.45) is 0 Å². The summed E-state index contributed by atoms with van der Waals surface area (Å²) in [5.41, 5.74) is 6.22. The maximum atomic E-state index is 14.0. The molecule has 48 heavy (non-hydrogen) atoms. The van der Waals surface area contributed by atoms with Crippen molar-refractivity contribution in [3.63, 3.8) is 0 Å². The molecule has 252 valence electrons. The van der Waals surface area contributed by atoms with E-state index in [4.69, 9.17) is 42.4 Å². The van der Waals surface area contributed by atoms with Gasteiger partial charge in [0, 0.05) is 43.7 Å². The number of fused-ring (bicyclic) bond motifs is 1. The number of ether oxygens (including phenoxy) is 3. The van der Waals surface area contributed by atoms with Crippen molar-refractivity contribution in [2.45, 2.75) is 24.7 Å². The first kappa shape index (κ1) is 33.7. The maximum Gasteiger partial charge on any atom is 0.254 e. The van der Waals surface area contributed by atoms with Gasteiger partial charge >= 0.3 is 0 Å². The summed E-state index contributed by atoms with van der Waals surface area (Å²) in [6, 6.07) is 17.5. The minimum absolute atomic E-state index is 0.0851. The average Bonchev–Trinajstić information content (AvgIpc) is 3.62. The van der Waals surface area contributed by atoms with Crippen molar-refractivity contribution in [3.8, 4) is 17.2 Å². The van der Waals surface area contributed by atoms with Crippen LogP contribution in [0.5, 0.6) is 17.2 Å². The van der Waals surface area contributed by atoms with Crippen molar-refractivity contribution in [1.82, 2.24) is 19.4 Å². The van der Waals surface area contributed by atoms with Gasteiger partial charge in [-0.3, -0.25) is 9.36 Å². The van der Waals surface area contributed by atoms with E-state index in [1.807, 2.05) is 41.4 Å². The Hall–Kier alpha value is -4.14. The largest absolute Gasteiger partial charge is 0.493 e. The van der Waals surface area contributed by atoms with E-state index in [9.17, 15) is 4.79 Å². The molecule has 2 fully saturated rings. The summed E-state index contributed by atoms with van der Waals surface area (Å²) in [5.74, 6) is 2.17. The molecule has 2 aliphatic rings. The number of methoxy groups -OCH3 is 3. The first-order chi connectivity index (χ1) is 23.3. The Balaban J connectivity index is 1.21. The summed E-state index contributed by atoms with van der Waals surface area (Å²) in [5, 5.41) is 1.04. The van der Waals surface area contributed by atoms with E-state index in [2.05, 4.69) is 38.8 Å².